The number of carbonyl (C=O) groups is 3. The SMILES string of the molecule is Cc1ccc(C)c(C(C(=O)Nc2ccc3ccccc3c2)N(C(=O)C(C)NC(=O)OC(C)(C)C)C2CC2)c1. The van der Waals surface area contributed by atoms with Crippen LogP contribution in [0.4, 0.5) is 10.5 Å². The van der Waals surface area contributed by atoms with Gasteiger partial charge >= 0.3 is 6.09 Å². The highest BCUT2D eigenvalue weighted by Gasteiger charge is 2.43. The predicted octanol–water partition coefficient (Wildman–Crippen LogP) is 6.04. The summed E-state index contributed by atoms with van der Waals surface area (Å²) in [6, 6.07) is 17.8. The van der Waals surface area contributed by atoms with Crippen molar-refractivity contribution in [1.29, 1.82) is 0 Å². The van der Waals surface area contributed by atoms with Gasteiger partial charge in [-0.3, -0.25) is 9.59 Å². The van der Waals surface area contributed by atoms with Crippen LogP contribution in [-0.4, -0.2) is 40.5 Å². The summed E-state index contributed by atoms with van der Waals surface area (Å²) in [4.78, 5) is 41.9. The maximum Gasteiger partial charge on any atom is 0.408 e. The van der Waals surface area contributed by atoms with E-state index in [0.29, 0.717) is 5.69 Å². The molecule has 0 heterocycles. The number of alkyl carbamates (subject to hydrolysis) is 1. The Morgan fingerprint density at radius 2 is 1.63 bits per heavy atom. The highest BCUT2D eigenvalue weighted by atomic mass is 16.6. The molecule has 200 valence electrons. The fraction of sp³-hybridized carbons (Fsp3) is 0.387. The number of nitrogens with zero attached hydrogens (tertiary/aromatic N) is 1. The van der Waals surface area contributed by atoms with Crippen molar-refractivity contribution in [1.82, 2.24) is 10.2 Å². The van der Waals surface area contributed by atoms with Crippen molar-refractivity contribution in [2.24, 2.45) is 0 Å². The molecule has 2 unspecified atom stereocenters. The molecule has 1 fully saturated rings. The van der Waals surface area contributed by atoms with Crippen LogP contribution in [0.1, 0.15) is 63.3 Å². The van der Waals surface area contributed by atoms with Gasteiger partial charge in [0.1, 0.15) is 17.7 Å². The minimum atomic E-state index is -0.869. The Balaban J connectivity index is 1.67. The summed E-state index contributed by atoms with van der Waals surface area (Å²) >= 11 is 0. The van der Waals surface area contributed by atoms with E-state index in [-0.39, 0.29) is 17.9 Å². The molecule has 2 N–H and O–H groups in total. The van der Waals surface area contributed by atoms with Gasteiger partial charge in [0.25, 0.3) is 5.91 Å². The van der Waals surface area contributed by atoms with Gasteiger partial charge in [-0.25, -0.2) is 4.79 Å². The fourth-order valence-corrected chi connectivity index (χ4v) is 4.59. The van der Waals surface area contributed by atoms with Gasteiger partial charge in [0.15, 0.2) is 0 Å². The second kappa shape index (κ2) is 10.9. The molecule has 7 nitrogen and oxygen atoms in total. The van der Waals surface area contributed by atoms with Gasteiger partial charge in [0.2, 0.25) is 5.91 Å². The standard InChI is InChI=1S/C31H37N3O4/c1-19-11-12-20(2)26(17-19)27(28(35)33-24-14-13-22-9-7-8-10-23(22)18-24)34(25-15-16-25)29(36)21(3)32-30(37)38-31(4,5)6/h7-14,17-18,21,25,27H,15-16H2,1-6H3,(H,32,37)(H,33,35). The molecule has 0 bridgehead atoms. The van der Waals surface area contributed by atoms with E-state index in [1.54, 1.807) is 32.6 Å². The molecule has 4 rings (SSSR count). The maximum absolute atomic E-state index is 14.0. The summed E-state index contributed by atoms with van der Waals surface area (Å²) in [6.45, 7) is 10.8. The van der Waals surface area contributed by atoms with E-state index in [1.165, 1.54) is 0 Å². The molecule has 1 aliphatic rings. The molecular formula is C31H37N3O4. The smallest absolute Gasteiger partial charge is 0.408 e. The van der Waals surface area contributed by atoms with Crippen LogP contribution >= 0.6 is 0 Å². The van der Waals surface area contributed by atoms with Gasteiger partial charge in [-0.2, -0.15) is 0 Å². The van der Waals surface area contributed by atoms with E-state index in [4.69, 9.17) is 4.74 Å². The number of ether oxygens (including phenoxy) is 1. The topological polar surface area (TPSA) is 87.7 Å². The molecule has 1 saturated carbocycles. The number of hydrogen-bond donors (Lipinski definition) is 2. The van der Waals surface area contributed by atoms with E-state index in [1.807, 2.05) is 74.5 Å². The maximum atomic E-state index is 14.0. The molecule has 0 spiro atoms. The lowest BCUT2D eigenvalue weighted by molar-refractivity contribution is -0.141. The zero-order chi connectivity index (χ0) is 27.6. The van der Waals surface area contributed by atoms with Crippen molar-refractivity contribution in [3.8, 4) is 0 Å². The van der Waals surface area contributed by atoms with Crippen LogP contribution in [0.2, 0.25) is 0 Å². The van der Waals surface area contributed by atoms with Gasteiger partial charge in [0, 0.05) is 11.7 Å². The van der Waals surface area contributed by atoms with Crippen molar-refractivity contribution < 1.29 is 19.1 Å². The zero-order valence-electron chi connectivity index (χ0n) is 23.0. The minimum Gasteiger partial charge on any atom is -0.444 e. The molecule has 3 aromatic rings. The second-order valence-electron chi connectivity index (χ2n) is 11.2. The summed E-state index contributed by atoms with van der Waals surface area (Å²) in [5.41, 5.74) is 2.65. The van der Waals surface area contributed by atoms with Crippen LogP contribution in [0.25, 0.3) is 10.8 Å². The lowest BCUT2D eigenvalue weighted by Crippen LogP contribution is -2.52. The monoisotopic (exact) mass is 515 g/mol. The van der Waals surface area contributed by atoms with E-state index in [2.05, 4.69) is 10.6 Å². The summed E-state index contributed by atoms with van der Waals surface area (Å²) in [6.07, 6.45) is 0.934. The number of rotatable bonds is 7. The lowest BCUT2D eigenvalue weighted by Gasteiger charge is -2.34. The Labute approximate surface area is 224 Å². The first-order valence-corrected chi connectivity index (χ1v) is 13.1. The number of aryl methyl sites for hydroxylation is 2. The lowest BCUT2D eigenvalue weighted by atomic mass is 9.96. The molecule has 3 amide bonds. The first-order chi connectivity index (χ1) is 17.9. The van der Waals surface area contributed by atoms with Crippen molar-refractivity contribution in [2.75, 3.05) is 5.32 Å². The van der Waals surface area contributed by atoms with Crippen LogP contribution < -0.4 is 10.6 Å². The third-order valence-electron chi connectivity index (χ3n) is 6.57. The van der Waals surface area contributed by atoms with Crippen molar-refractivity contribution in [3.05, 3.63) is 77.4 Å². The molecular weight excluding hydrogens is 478 g/mol. The first-order valence-electron chi connectivity index (χ1n) is 13.1. The molecule has 38 heavy (non-hydrogen) atoms. The normalized spacial score (nSPS) is 14.9. The highest BCUT2D eigenvalue weighted by Crippen LogP contribution is 2.37. The average Bonchev–Trinajstić information content (AvgIpc) is 3.67. The van der Waals surface area contributed by atoms with Gasteiger partial charge < -0.3 is 20.3 Å². The third kappa shape index (κ3) is 6.52. The van der Waals surface area contributed by atoms with Gasteiger partial charge in [-0.05, 0) is 88.4 Å². The Bertz CT molecular complexity index is 1360. The number of amides is 3. The van der Waals surface area contributed by atoms with Crippen molar-refractivity contribution >= 4 is 34.4 Å². The van der Waals surface area contributed by atoms with E-state index >= 15 is 0 Å². The van der Waals surface area contributed by atoms with Gasteiger partial charge in [0.05, 0.1) is 0 Å². The number of carbonyl (C=O) groups excluding carboxylic acids is 3. The summed E-state index contributed by atoms with van der Waals surface area (Å²) in [7, 11) is 0. The third-order valence-corrected chi connectivity index (χ3v) is 6.57. The minimum absolute atomic E-state index is 0.0855. The molecule has 2 atom stereocenters. The summed E-state index contributed by atoms with van der Waals surface area (Å²) in [5, 5.41) is 7.81. The number of nitrogens with one attached hydrogen (secondary N) is 2. The van der Waals surface area contributed by atoms with Crippen LogP contribution in [-0.2, 0) is 14.3 Å². The Kier molecular flexibility index (Phi) is 7.76. The number of anilines is 1. The molecule has 1 aliphatic carbocycles. The van der Waals surface area contributed by atoms with Crippen LogP contribution in [0.3, 0.4) is 0 Å². The molecule has 0 aliphatic heterocycles. The van der Waals surface area contributed by atoms with E-state index in [0.717, 1.165) is 40.3 Å². The van der Waals surface area contributed by atoms with E-state index in [9.17, 15) is 14.4 Å². The first kappa shape index (κ1) is 27.2. The van der Waals surface area contributed by atoms with E-state index < -0.39 is 23.8 Å². The number of fused-ring (bicyclic) bond motifs is 1. The Morgan fingerprint density at radius 3 is 2.29 bits per heavy atom. The van der Waals surface area contributed by atoms with Gasteiger partial charge in [-0.15, -0.1) is 0 Å². The zero-order valence-corrected chi connectivity index (χ0v) is 23.0. The summed E-state index contributed by atoms with van der Waals surface area (Å²) < 4.78 is 5.36. The molecule has 7 heteroatoms. The number of benzene rings is 3. The molecule has 0 aromatic heterocycles. The van der Waals surface area contributed by atoms with Crippen LogP contribution in [0, 0.1) is 13.8 Å². The number of hydrogen-bond acceptors (Lipinski definition) is 4. The predicted molar refractivity (Wildman–Crippen MR) is 150 cm³/mol. The molecule has 0 radical (unpaired) electrons. The van der Waals surface area contributed by atoms with Crippen molar-refractivity contribution in [2.45, 2.75) is 78.1 Å². The molecule has 3 aromatic carbocycles. The van der Waals surface area contributed by atoms with Gasteiger partial charge in [-0.1, -0.05) is 54.1 Å². The van der Waals surface area contributed by atoms with Crippen LogP contribution in [0.5, 0.6) is 0 Å². The highest BCUT2D eigenvalue weighted by molar-refractivity contribution is 6.00. The quantitative estimate of drug-likeness (QED) is 0.402. The summed E-state index contributed by atoms with van der Waals surface area (Å²) in [5.74, 6) is -0.614. The van der Waals surface area contributed by atoms with Crippen molar-refractivity contribution in [3.63, 3.8) is 0 Å². The Hall–Kier alpha value is -3.87. The molecule has 0 saturated heterocycles. The largest absolute Gasteiger partial charge is 0.444 e. The Morgan fingerprint density at radius 1 is 0.947 bits per heavy atom. The average molecular weight is 516 g/mol. The second-order valence-corrected chi connectivity index (χ2v) is 11.2. The van der Waals surface area contributed by atoms with Crippen LogP contribution in [0.15, 0.2) is 60.7 Å². The fourth-order valence-electron chi connectivity index (χ4n) is 4.59.